The lowest BCUT2D eigenvalue weighted by atomic mass is 9.86. The number of benzene rings is 1. The number of nitrogen functional groups attached to an aromatic ring is 2. The van der Waals surface area contributed by atoms with Gasteiger partial charge in [-0.3, -0.25) is 0 Å². The molecule has 114 valence electrons. The summed E-state index contributed by atoms with van der Waals surface area (Å²) in [5.74, 6) is 0.220. The van der Waals surface area contributed by atoms with Crippen molar-refractivity contribution >= 4 is 17.5 Å². The second-order valence-electron chi connectivity index (χ2n) is 5.05. The van der Waals surface area contributed by atoms with E-state index in [-0.39, 0.29) is 17.7 Å². The first kappa shape index (κ1) is 14.6. The fourth-order valence-corrected chi connectivity index (χ4v) is 2.44. The van der Waals surface area contributed by atoms with Gasteiger partial charge < -0.3 is 11.5 Å². The van der Waals surface area contributed by atoms with Crippen LogP contribution < -0.4 is 11.5 Å². The van der Waals surface area contributed by atoms with Crippen LogP contribution in [0.15, 0.2) is 53.7 Å². The Labute approximate surface area is 132 Å². The number of nitrogens with two attached hydrogens (primary N) is 2. The molecule has 1 unspecified atom stereocenters. The maximum atomic E-state index is 8.94. The van der Waals surface area contributed by atoms with Crippen molar-refractivity contribution in [1.82, 2.24) is 15.0 Å². The average Bonchev–Trinajstić information content (AvgIpc) is 2.56. The van der Waals surface area contributed by atoms with E-state index in [4.69, 9.17) is 17.0 Å². The minimum atomic E-state index is -1.06. The maximum absolute atomic E-state index is 8.94. The molecule has 4 N–H and O–H groups in total. The zero-order valence-corrected chi connectivity index (χ0v) is 12.2. The quantitative estimate of drug-likeness (QED) is 0.509. The number of aromatic nitrogens is 3. The molecular weight excluding hydrogens is 292 g/mol. The molecule has 1 atom stereocenters. The number of rotatable bonds is 3. The molecule has 0 radical (unpaired) electrons. The lowest BCUT2D eigenvalue weighted by molar-refractivity contribution is 0.523. The van der Waals surface area contributed by atoms with Crippen LogP contribution in [0.25, 0.3) is 16.0 Å². The SMILES string of the molecule is [N-]=[N+]=NC1(c2nc(N)nc(N)n2)C=CC(c2ccccc2)=CC1. The zero-order valence-electron chi connectivity index (χ0n) is 12.2. The molecule has 0 saturated heterocycles. The van der Waals surface area contributed by atoms with Gasteiger partial charge in [-0.2, -0.15) is 15.0 Å². The van der Waals surface area contributed by atoms with Gasteiger partial charge in [0, 0.05) is 4.91 Å². The highest BCUT2D eigenvalue weighted by Gasteiger charge is 2.33. The number of azide groups is 1. The van der Waals surface area contributed by atoms with Crippen LogP contribution >= 0.6 is 0 Å². The zero-order chi connectivity index (χ0) is 16.3. The molecule has 1 aliphatic carbocycles. The highest BCUT2D eigenvalue weighted by atomic mass is 15.2. The Hall–Kier alpha value is -3.38. The molecule has 0 bridgehead atoms. The van der Waals surface area contributed by atoms with Crippen molar-refractivity contribution in [3.05, 3.63) is 70.4 Å². The third-order valence-corrected chi connectivity index (χ3v) is 3.56. The van der Waals surface area contributed by atoms with Gasteiger partial charge in [0.15, 0.2) is 5.82 Å². The van der Waals surface area contributed by atoms with Crippen LogP contribution in [-0.4, -0.2) is 15.0 Å². The standard InChI is InChI=1S/C15H14N8/c16-13-19-12(20-14(17)21-13)15(22-23-18)8-6-11(7-9-15)10-4-2-1-3-5-10/h1-8H,9H2,(H4,16,17,19,20,21). The Morgan fingerprint density at radius 2 is 1.78 bits per heavy atom. The van der Waals surface area contributed by atoms with Gasteiger partial charge in [0.05, 0.1) is 0 Å². The van der Waals surface area contributed by atoms with Gasteiger partial charge >= 0.3 is 0 Å². The molecule has 1 aromatic carbocycles. The largest absolute Gasteiger partial charge is 0.368 e. The summed E-state index contributed by atoms with van der Waals surface area (Å²) in [4.78, 5) is 14.8. The number of hydrogen-bond donors (Lipinski definition) is 2. The van der Waals surface area contributed by atoms with Crippen LogP contribution in [-0.2, 0) is 5.54 Å². The van der Waals surface area contributed by atoms with E-state index in [2.05, 4.69) is 25.0 Å². The normalized spacial score (nSPS) is 19.7. The number of nitrogens with zero attached hydrogens (tertiary/aromatic N) is 6. The van der Waals surface area contributed by atoms with Crippen LogP contribution in [0.3, 0.4) is 0 Å². The van der Waals surface area contributed by atoms with Crippen LogP contribution in [0.4, 0.5) is 11.9 Å². The fourth-order valence-electron chi connectivity index (χ4n) is 2.44. The first-order chi connectivity index (χ1) is 11.1. The molecule has 1 heterocycles. The summed E-state index contributed by atoms with van der Waals surface area (Å²) in [5.41, 5.74) is 21.2. The smallest absolute Gasteiger partial charge is 0.225 e. The van der Waals surface area contributed by atoms with Gasteiger partial charge in [0.25, 0.3) is 0 Å². The van der Waals surface area contributed by atoms with Gasteiger partial charge in [-0.25, -0.2) is 0 Å². The van der Waals surface area contributed by atoms with E-state index < -0.39 is 5.54 Å². The van der Waals surface area contributed by atoms with E-state index in [1.165, 1.54) is 0 Å². The van der Waals surface area contributed by atoms with E-state index in [1.54, 1.807) is 6.08 Å². The first-order valence-corrected chi connectivity index (χ1v) is 6.91. The number of anilines is 2. The minimum Gasteiger partial charge on any atom is -0.368 e. The van der Waals surface area contributed by atoms with Crippen molar-refractivity contribution in [3.63, 3.8) is 0 Å². The molecule has 0 fully saturated rings. The molecule has 8 nitrogen and oxygen atoms in total. The Kier molecular flexibility index (Phi) is 3.66. The Bertz CT molecular complexity index is 816. The predicted octanol–water partition coefficient (Wildman–Crippen LogP) is 2.59. The van der Waals surface area contributed by atoms with Gasteiger partial charge in [-0.05, 0) is 23.1 Å². The average molecular weight is 306 g/mol. The second-order valence-corrected chi connectivity index (χ2v) is 5.05. The molecule has 1 aliphatic rings. The Morgan fingerprint density at radius 1 is 1.09 bits per heavy atom. The van der Waals surface area contributed by atoms with E-state index in [1.807, 2.05) is 42.5 Å². The molecule has 23 heavy (non-hydrogen) atoms. The number of allylic oxidation sites excluding steroid dienone is 2. The number of hydrogen-bond acceptors (Lipinski definition) is 6. The Morgan fingerprint density at radius 3 is 2.35 bits per heavy atom. The van der Waals surface area contributed by atoms with Gasteiger partial charge in [-0.1, -0.05) is 53.7 Å². The summed E-state index contributed by atoms with van der Waals surface area (Å²) >= 11 is 0. The molecule has 2 aromatic rings. The molecule has 0 saturated carbocycles. The van der Waals surface area contributed by atoms with Crippen molar-refractivity contribution in [2.75, 3.05) is 11.5 Å². The van der Waals surface area contributed by atoms with E-state index >= 15 is 0 Å². The van der Waals surface area contributed by atoms with Gasteiger partial charge in [-0.15, -0.1) is 0 Å². The maximum Gasteiger partial charge on any atom is 0.225 e. The fraction of sp³-hybridized carbons (Fsp3) is 0.133. The van der Waals surface area contributed by atoms with Crippen LogP contribution in [0.1, 0.15) is 17.8 Å². The lowest BCUT2D eigenvalue weighted by Gasteiger charge is -2.25. The summed E-state index contributed by atoms with van der Waals surface area (Å²) in [5, 5.41) is 3.88. The van der Waals surface area contributed by atoms with Gasteiger partial charge in [0.2, 0.25) is 11.9 Å². The van der Waals surface area contributed by atoms with Crippen molar-refractivity contribution in [3.8, 4) is 0 Å². The molecule has 0 amide bonds. The monoisotopic (exact) mass is 306 g/mol. The lowest BCUT2D eigenvalue weighted by Crippen LogP contribution is -2.26. The predicted molar refractivity (Wildman–Crippen MR) is 87.7 cm³/mol. The molecule has 8 heteroatoms. The van der Waals surface area contributed by atoms with Crippen molar-refractivity contribution in [2.45, 2.75) is 12.0 Å². The third-order valence-electron chi connectivity index (χ3n) is 3.56. The summed E-state index contributed by atoms with van der Waals surface area (Å²) in [6.45, 7) is 0. The van der Waals surface area contributed by atoms with Crippen LogP contribution in [0.2, 0.25) is 0 Å². The van der Waals surface area contributed by atoms with Crippen molar-refractivity contribution < 1.29 is 0 Å². The van der Waals surface area contributed by atoms with Crippen LogP contribution in [0, 0.1) is 0 Å². The van der Waals surface area contributed by atoms with E-state index in [9.17, 15) is 0 Å². The van der Waals surface area contributed by atoms with Gasteiger partial charge in [0.1, 0.15) is 5.54 Å². The summed E-state index contributed by atoms with van der Waals surface area (Å²) in [6.07, 6.45) is 6.02. The van der Waals surface area contributed by atoms with Crippen LogP contribution in [0.5, 0.6) is 0 Å². The van der Waals surface area contributed by atoms with Crippen molar-refractivity contribution in [2.24, 2.45) is 5.11 Å². The molecule has 0 spiro atoms. The second kappa shape index (κ2) is 5.78. The third kappa shape index (κ3) is 2.83. The highest BCUT2D eigenvalue weighted by molar-refractivity contribution is 5.75. The topological polar surface area (TPSA) is 139 Å². The molecular formula is C15H14N8. The first-order valence-electron chi connectivity index (χ1n) is 6.91. The molecule has 3 rings (SSSR count). The molecule has 0 aliphatic heterocycles. The summed E-state index contributed by atoms with van der Waals surface area (Å²) in [7, 11) is 0. The van der Waals surface area contributed by atoms with Crippen molar-refractivity contribution in [1.29, 1.82) is 0 Å². The highest BCUT2D eigenvalue weighted by Crippen LogP contribution is 2.36. The van der Waals surface area contributed by atoms with E-state index in [0.29, 0.717) is 6.42 Å². The molecule has 1 aromatic heterocycles. The van der Waals surface area contributed by atoms with E-state index in [0.717, 1.165) is 11.1 Å². The Balaban J connectivity index is 2.01. The summed E-state index contributed by atoms with van der Waals surface area (Å²) in [6, 6.07) is 9.90. The summed E-state index contributed by atoms with van der Waals surface area (Å²) < 4.78 is 0. The minimum absolute atomic E-state index is 0.00810.